The third kappa shape index (κ3) is 3.08. The van der Waals surface area contributed by atoms with Gasteiger partial charge in [-0.2, -0.15) is 13.9 Å². The summed E-state index contributed by atoms with van der Waals surface area (Å²) in [5.41, 5.74) is 0.920. The molecule has 0 saturated carbocycles. The molecule has 2 heterocycles. The fraction of sp³-hybridized carbons (Fsp3) is 0.0833. The molecular formula is C12H8ClF2N5O2S. The van der Waals surface area contributed by atoms with E-state index in [9.17, 15) is 17.2 Å². The quantitative estimate of drug-likeness (QED) is 0.773. The maximum Gasteiger partial charge on any atom is 0.333 e. The van der Waals surface area contributed by atoms with Crippen LogP contribution in [0.15, 0.2) is 41.6 Å². The largest absolute Gasteiger partial charge is 0.333 e. The number of sulfonamides is 1. The molecule has 23 heavy (non-hydrogen) atoms. The Bertz CT molecular complexity index is 976. The van der Waals surface area contributed by atoms with Gasteiger partial charge < -0.3 is 0 Å². The van der Waals surface area contributed by atoms with E-state index in [1.54, 1.807) is 24.3 Å². The third-order valence-electron chi connectivity index (χ3n) is 2.85. The van der Waals surface area contributed by atoms with Gasteiger partial charge in [-0.25, -0.2) is 23.1 Å². The Labute approximate surface area is 134 Å². The molecule has 7 nitrogen and oxygen atoms in total. The molecule has 0 aliphatic carbocycles. The maximum atomic E-state index is 12.5. The highest BCUT2D eigenvalue weighted by Gasteiger charge is 2.21. The Morgan fingerprint density at radius 3 is 2.43 bits per heavy atom. The third-order valence-corrected chi connectivity index (χ3v) is 4.40. The monoisotopic (exact) mass is 359 g/mol. The van der Waals surface area contributed by atoms with E-state index in [0.29, 0.717) is 17.2 Å². The second kappa shape index (κ2) is 5.70. The van der Waals surface area contributed by atoms with E-state index in [4.69, 9.17) is 11.6 Å². The number of alkyl halides is 2. The van der Waals surface area contributed by atoms with Gasteiger partial charge in [0.2, 0.25) is 0 Å². The summed E-state index contributed by atoms with van der Waals surface area (Å²) in [5.74, 6) is -0.199. The topological polar surface area (TPSA) is 89.8 Å². The van der Waals surface area contributed by atoms with Crippen molar-refractivity contribution in [2.24, 2.45) is 0 Å². The number of hydrogen-bond acceptors (Lipinski definition) is 5. The number of hydrogen-bond donors (Lipinski definition) is 1. The van der Waals surface area contributed by atoms with Crippen molar-refractivity contribution in [2.45, 2.75) is 11.4 Å². The van der Waals surface area contributed by atoms with Gasteiger partial charge in [-0.15, -0.1) is 0 Å². The normalized spacial score (nSPS) is 12.0. The lowest BCUT2D eigenvalue weighted by Gasteiger charge is -2.07. The molecule has 120 valence electrons. The molecule has 3 rings (SSSR count). The molecule has 0 bridgehead atoms. The lowest BCUT2D eigenvalue weighted by molar-refractivity contribution is 0.0564. The number of benzene rings is 1. The predicted molar refractivity (Wildman–Crippen MR) is 78.8 cm³/mol. The Morgan fingerprint density at radius 1 is 1.17 bits per heavy atom. The molecule has 0 amide bonds. The fourth-order valence-electron chi connectivity index (χ4n) is 1.80. The van der Waals surface area contributed by atoms with Gasteiger partial charge in [0.15, 0.2) is 11.0 Å². The highest BCUT2D eigenvalue weighted by Crippen LogP contribution is 2.24. The first kappa shape index (κ1) is 15.6. The summed E-state index contributed by atoms with van der Waals surface area (Å²) < 4.78 is 51.7. The number of nitrogens with zero attached hydrogens (tertiary/aromatic N) is 4. The zero-order valence-corrected chi connectivity index (χ0v) is 12.8. The molecule has 0 aliphatic rings. The van der Waals surface area contributed by atoms with Gasteiger partial charge in [-0.3, -0.25) is 4.72 Å². The van der Waals surface area contributed by atoms with Crippen LogP contribution < -0.4 is 4.72 Å². The molecule has 2 aromatic heterocycles. The average Bonchev–Trinajstić information content (AvgIpc) is 2.99. The minimum Gasteiger partial charge on any atom is -0.261 e. The smallest absolute Gasteiger partial charge is 0.261 e. The van der Waals surface area contributed by atoms with Crippen LogP contribution >= 0.6 is 11.6 Å². The molecule has 0 unspecified atom stereocenters. The average molecular weight is 360 g/mol. The molecule has 11 heteroatoms. The van der Waals surface area contributed by atoms with E-state index in [0.717, 1.165) is 6.20 Å². The summed E-state index contributed by atoms with van der Waals surface area (Å²) in [6.07, 6.45) is 1.51. The summed E-state index contributed by atoms with van der Waals surface area (Å²) in [6, 6.07) is 6.73. The van der Waals surface area contributed by atoms with Crippen molar-refractivity contribution >= 4 is 38.5 Å². The van der Waals surface area contributed by atoms with Gasteiger partial charge in [0.05, 0.1) is 23.4 Å². The predicted octanol–water partition coefficient (Wildman–Crippen LogP) is 2.68. The van der Waals surface area contributed by atoms with Crippen molar-refractivity contribution < 1.29 is 17.2 Å². The van der Waals surface area contributed by atoms with Crippen molar-refractivity contribution in [3.63, 3.8) is 0 Å². The van der Waals surface area contributed by atoms with E-state index in [1.807, 2.05) is 0 Å². The van der Waals surface area contributed by atoms with Gasteiger partial charge in [0.1, 0.15) is 4.90 Å². The molecule has 0 saturated heterocycles. The zero-order chi connectivity index (χ0) is 16.6. The summed E-state index contributed by atoms with van der Waals surface area (Å²) in [6.45, 7) is -2.94. The van der Waals surface area contributed by atoms with Crippen LogP contribution in [0.1, 0.15) is 6.55 Å². The molecule has 1 N–H and O–H groups in total. The standard InChI is InChI=1S/C12H8ClF2N5O2S/c13-10-11(18-9-4-2-1-3-8(9)17-10)19-23(21,22)7-5-16-20(6-7)12(14)15/h1-6,12H,(H,18,19). The molecule has 1 aromatic carbocycles. The van der Waals surface area contributed by atoms with Crippen LogP contribution in [0, 0.1) is 0 Å². The summed E-state index contributed by atoms with van der Waals surface area (Å²) >= 11 is 5.91. The fourth-order valence-corrected chi connectivity index (χ4v) is 2.98. The summed E-state index contributed by atoms with van der Waals surface area (Å²) in [5, 5.41) is 3.12. The van der Waals surface area contributed by atoms with Crippen molar-refractivity contribution in [2.75, 3.05) is 4.72 Å². The Hall–Kier alpha value is -2.33. The number of rotatable bonds is 4. The Balaban J connectivity index is 1.98. The van der Waals surface area contributed by atoms with E-state index >= 15 is 0 Å². The van der Waals surface area contributed by atoms with Crippen LogP contribution in [0.25, 0.3) is 11.0 Å². The molecule has 0 radical (unpaired) electrons. The van der Waals surface area contributed by atoms with Gasteiger partial charge >= 0.3 is 6.55 Å². The van der Waals surface area contributed by atoms with Gasteiger partial charge in [0.25, 0.3) is 10.0 Å². The summed E-state index contributed by atoms with van der Waals surface area (Å²) in [7, 11) is -4.17. The van der Waals surface area contributed by atoms with E-state index < -0.39 is 21.5 Å². The van der Waals surface area contributed by atoms with E-state index in [-0.39, 0.29) is 15.7 Å². The number of halogens is 3. The van der Waals surface area contributed by atoms with Gasteiger partial charge in [0, 0.05) is 0 Å². The molecule has 0 fully saturated rings. The van der Waals surface area contributed by atoms with Gasteiger partial charge in [-0.05, 0) is 12.1 Å². The SMILES string of the molecule is O=S(=O)(Nc1nc2ccccc2nc1Cl)c1cnn(C(F)F)c1. The first-order valence-electron chi connectivity index (χ1n) is 6.14. The van der Waals surface area contributed by atoms with Crippen LogP contribution in [0.4, 0.5) is 14.6 Å². The highest BCUT2D eigenvalue weighted by molar-refractivity contribution is 7.92. The number of nitrogens with one attached hydrogen (secondary N) is 1. The minimum atomic E-state index is -4.17. The van der Waals surface area contributed by atoms with Crippen LogP contribution in [-0.2, 0) is 10.0 Å². The lowest BCUT2D eigenvalue weighted by atomic mass is 10.3. The van der Waals surface area contributed by atoms with Crippen LogP contribution in [0.3, 0.4) is 0 Å². The van der Waals surface area contributed by atoms with Crippen LogP contribution in [-0.4, -0.2) is 28.2 Å². The molecule has 0 atom stereocenters. The second-order valence-electron chi connectivity index (χ2n) is 4.39. The second-order valence-corrected chi connectivity index (χ2v) is 6.43. The van der Waals surface area contributed by atoms with Crippen molar-refractivity contribution in [1.29, 1.82) is 0 Å². The van der Waals surface area contributed by atoms with E-state index in [1.165, 1.54) is 0 Å². The molecule has 0 aliphatic heterocycles. The number of para-hydroxylation sites is 2. The van der Waals surface area contributed by atoms with Crippen LogP contribution in [0.5, 0.6) is 0 Å². The molecule has 3 aromatic rings. The van der Waals surface area contributed by atoms with Crippen molar-refractivity contribution in [1.82, 2.24) is 19.7 Å². The van der Waals surface area contributed by atoms with E-state index in [2.05, 4.69) is 19.8 Å². The molecule has 0 spiro atoms. The zero-order valence-electron chi connectivity index (χ0n) is 11.2. The number of aromatic nitrogens is 4. The Morgan fingerprint density at radius 2 is 1.83 bits per heavy atom. The highest BCUT2D eigenvalue weighted by atomic mass is 35.5. The van der Waals surface area contributed by atoms with Crippen molar-refractivity contribution in [3.8, 4) is 0 Å². The number of anilines is 1. The van der Waals surface area contributed by atoms with Crippen molar-refractivity contribution in [3.05, 3.63) is 41.8 Å². The Kier molecular flexibility index (Phi) is 3.86. The maximum absolute atomic E-state index is 12.5. The number of fused-ring (bicyclic) bond motifs is 1. The summed E-state index contributed by atoms with van der Waals surface area (Å²) in [4.78, 5) is 7.65. The minimum absolute atomic E-state index is 0.159. The van der Waals surface area contributed by atoms with Gasteiger partial charge in [-0.1, -0.05) is 23.7 Å². The first-order valence-corrected chi connectivity index (χ1v) is 8.00. The van der Waals surface area contributed by atoms with Crippen LogP contribution in [0.2, 0.25) is 5.15 Å². The first-order chi connectivity index (χ1) is 10.9. The lowest BCUT2D eigenvalue weighted by Crippen LogP contribution is -2.14. The molecular weight excluding hydrogens is 352 g/mol.